The van der Waals surface area contributed by atoms with E-state index in [-0.39, 0.29) is 49.6 Å². The number of β-amino-alcohol motifs (C(OH)–C–C–N with tert-alkyl or cyclic N) is 1. The quantitative estimate of drug-likeness (QED) is 0.0428. The minimum absolute atomic E-state index is 0.0992. The number of aliphatic hydroxyl groups is 6. The highest BCUT2D eigenvalue weighted by Gasteiger charge is 2.49. The van der Waals surface area contributed by atoms with E-state index in [4.69, 9.17) is 15.2 Å². The molecule has 3 heterocycles. The number of aromatic hydroxyl groups is 1. The van der Waals surface area contributed by atoms with Gasteiger partial charge in [0.2, 0.25) is 35.4 Å². The molecule has 14 N–H and O–H groups in total. The second-order valence-electron chi connectivity index (χ2n) is 15.5. The predicted molar refractivity (Wildman–Crippen MR) is 208 cm³/mol. The first-order valence-corrected chi connectivity index (χ1v) is 20.2. The van der Waals surface area contributed by atoms with Crippen molar-refractivity contribution in [3.8, 4) is 11.5 Å². The van der Waals surface area contributed by atoms with E-state index >= 15 is 0 Å². The summed E-state index contributed by atoms with van der Waals surface area (Å²) in [7, 11) is 0. The number of nitrogens with zero attached hydrogens (tertiary/aromatic N) is 2. The molecular formula is C36H55N7O17S. The summed E-state index contributed by atoms with van der Waals surface area (Å²) in [5, 5.41) is 97.7. The fraction of sp³-hybridized carbons (Fsp3) is 0.667. The minimum Gasteiger partial charge on any atom is -0.504 e. The molecule has 1 aromatic rings. The highest BCUT2D eigenvalue weighted by Crippen LogP contribution is 2.31. The van der Waals surface area contributed by atoms with Crippen LogP contribution in [0.5, 0.6) is 11.5 Å². The Morgan fingerprint density at radius 2 is 1.49 bits per heavy atom. The number of nitrogens with one attached hydrogen (secondary N) is 4. The summed E-state index contributed by atoms with van der Waals surface area (Å²) in [6.07, 6.45) is -10.7. The van der Waals surface area contributed by atoms with Crippen LogP contribution < -0.4 is 31.2 Å². The number of aliphatic hydroxyl groups excluding tert-OH is 6. The van der Waals surface area contributed by atoms with Crippen LogP contribution in [-0.4, -0.2) is 179 Å². The lowest BCUT2D eigenvalue weighted by Gasteiger charge is -2.34. The zero-order chi connectivity index (χ0) is 45.3. The lowest BCUT2D eigenvalue weighted by atomic mass is 9.98. The van der Waals surface area contributed by atoms with Gasteiger partial charge in [0.1, 0.15) is 30.2 Å². The third kappa shape index (κ3) is 12.4. The second-order valence-corrected chi connectivity index (χ2v) is 16.0. The summed E-state index contributed by atoms with van der Waals surface area (Å²) in [5.74, 6) is -8.55. The van der Waals surface area contributed by atoms with Crippen molar-refractivity contribution in [2.24, 2.45) is 17.6 Å². The second kappa shape index (κ2) is 22.1. The Balaban J connectivity index is 1.79. The predicted octanol–water partition coefficient (Wildman–Crippen LogP) is -5.11. The topological polar surface area (TPSA) is 373 Å². The van der Waals surface area contributed by atoms with E-state index in [1.54, 1.807) is 6.92 Å². The van der Waals surface area contributed by atoms with Gasteiger partial charge in [-0.3, -0.25) is 28.8 Å². The number of benzene rings is 1. The molecule has 1 aromatic carbocycles. The van der Waals surface area contributed by atoms with Gasteiger partial charge in [0.25, 0.3) is 12.3 Å². The molecule has 0 radical (unpaired) electrons. The highest BCUT2D eigenvalue weighted by molar-refractivity contribution is 7.90. The Bertz CT molecular complexity index is 1730. The molecule has 6 amide bonds. The van der Waals surface area contributed by atoms with Crippen LogP contribution in [0.1, 0.15) is 45.6 Å². The van der Waals surface area contributed by atoms with Crippen molar-refractivity contribution < 1.29 is 83.3 Å². The van der Waals surface area contributed by atoms with Gasteiger partial charge in [0, 0.05) is 44.3 Å². The lowest BCUT2D eigenvalue weighted by Crippen LogP contribution is -2.64. The van der Waals surface area contributed by atoms with Gasteiger partial charge in [-0.1, -0.05) is 29.3 Å². The molecule has 0 aliphatic carbocycles. The molecule has 0 bridgehead atoms. The zero-order valence-corrected chi connectivity index (χ0v) is 34.3. The molecule has 13 atom stereocenters. The molecule has 24 nitrogen and oxygen atoms in total. The Morgan fingerprint density at radius 3 is 2.15 bits per heavy atom. The van der Waals surface area contributed by atoms with Crippen LogP contribution in [0.4, 0.5) is 0 Å². The summed E-state index contributed by atoms with van der Waals surface area (Å²) >= 11 is 0.0992. The van der Waals surface area contributed by atoms with E-state index in [1.807, 2.05) is 0 Å². The highest BCUT2D eigenvalue weighted by atomic mass is 32.2. The molecule has 0 spiro atoms. The lowest BCUT2D eigenvalue weighted by molar-refractivity contribution is -0.433. The standard InChI is InChI=1S/C36H55N7O17S/c1-15-8-19(45)12-38-34(54)29-30(50)16(2)13-43(29)36(56)28(23(48)6-7-37)41-33(53)27(24(49)9-18-4-5-22(47)25(10-18)58-61-60-59-57)40-32(52)21-11-20(46)14-42(21)35(55)26(17(3)44)39-31(15)51/h4-5,10,15-17,19-21,23-24,26-30,44-50,57H,6-9,11-14,37H2,1-3H3,(H,38,54)(H,39,51)(H,40,52)(H,41,53)/t15-,16-,17+,19+,20+,21-,23+,24+,26-,27-,28-,29-,30-/m0/s1. The Kier molecular flexibility index (Phi) is 17.8. The Labute approximate surface area is 353 Å². The number of fused-ring (bicyclic) bond motifs is 2. The Hall–Kier alpha value is -4.41. The van der Waals surface area contributed by atoms with Gasteiger partial charge in [-0.2, -0.15) is 0 Å². The SMILES string of the molecule is C[C@H]1C[C@@H](O)CNC(=O)[C@@H]2[C@@H](O)[C@@H](C)CN2C(=O)[C@H]([C@H](O)CCN)NC(=O)[C@H]([C@H](O)Cc2ccc(O)c(OSOOO)c2)NC(=O)[C@@H]2C[C@@H](O)CN2C(=O)[C@H]([C@@H](C)O)NC1=O. The van der Waals surface area contributed by atoms with Crippen molar-refractivity contribution in [3.63, 3.8) is 0 Å². The maximum atomic E-state index is 14.3. The molecule has 3 aliphatic heterocycles. The summed E-state index contributed by atoms with van der Waals surface area (Å²) in [6.45, 7) is 2.81. The number of hydrogen-bond donors (Lipinski definition) is 13. The number of hydrogen-bond acceptors (Lipinski definition) is 19. The van der Waals surface area contributed by atoms with Gasteiger partial charge in [0.15, 0.2) is 11.5 Å². The van der Waals surface area contributed by atoms with Crippen LogP contribution in [-0.2, 0) is 44.6 Å². The number of phenols is 1. The van der Waals surface area contributed by atoms with E-state index < -0.39 is 146 Å². The van der Waals surface area contributed by atoms with E-state index in [2.05, 4.69) is 30.6 Å². The average molecular weight is 890 g/mol. The first kappa shape index (κ1) is 49.2. The first-order valence-electron chi connectivity index (χ1n) is 19.5. The molecule has 3 aliphatic rings. The molecule has 0 saturated carbocycles. The van der Waals surface area contributed by atoms with E-state index in [9.17, 15) is 64.5 Å². The molecule has 0 aromatic heterocycles. The van der Waals surface area contributed by atoms with Gasteiger partial charge in [-0.15, -0.1) is 0 Å². The Morgan fingerprint density at radius 1 is 0.836 bits per heavy atom. The third-order valence-corrected chi connectivity index (χ3v) is 11.2. The smallest absolute Gasteiger partial charge is 0.261 e. The molecule has 342 valence electrons. The molecule has 3 fully saturated rings. The molecule has 25 heteroatoms. The summed E-state index contributed by atoms with van der Waals surface area (Å²) < 4.78 is 9.23. The average Bonchev–Trinajstić information content (AvgIpc) is 3.75. The normalized spacial score (nSPS) is 31.5. The van der Waals surface area contributed by atoms with Crippen LogP contribution >= 0.6 is 12.3 Å². The number of carbonyl (C=O) groups excluding carboxylic acids is 6. The molecular weight excluding hydrogens is 834 g/mol. The van der Waals surface area contributed by atoms with E-state index in [0.717, 1.165) is 15.9 Å². The van der Waals surface area contributed by atoms with Crippen molar-refractivity contribution in [1.82, 2.24) is 31.1 Å². The number of carbonyl (C=O) groups is 6. The number of amides is 6. The van der Waals surface area contributed by atoms with Gasteiger partial charge in [-0.05, 0) is 44.0 Å². The van der Waals surface area contributed by atoms with Crippen LogP contribution in [0.3, 0.4) is 0 Å². The van der Waals surface area contributed by atoms with Gasteiger partial charge in [-0.25, -0.2) is 5.26 Å². The zero-order valence-electron chi connectivity index (χ0n) is 33.5. The maximum absolute atomic E-state index is 14.3. The molecule has 61 heavy (non-hydrogen) atoms. The fourth-order valence-electron chi connectivity index (χ4n) is 7.48. The van der Waals surface area contributed by atoms with Crippen LogP contribution in [0, 0.1) is 11.8 Å². The summed E-state index contributed by atoms with van der Waals surface area (Å²) in [4.78, 5) is 85.4. The summed E-state index contributed by atoms with van der Waals surface area (Å²) in [6, 6.07) is -5.08. The number of nitrogens with two attached hydrogens (primary N) is 1. The fourth-order valence-corrected chi connectivity index (χ4v) is 7.74. The monoisotopic (exact) mass is 889 g/mol. The van der Waals surface area contributed by atoms with Gasteiger partial charge in [0.05, 0.1) is 36.6 Å². The molecule has 3 saturated heterocycles. The van der Waals surface area contributed by atoms with Crippen molar-refractivity contribution in [3.05, 3.63) is 23.8 Å². The third-order valence-electron chi connectivity index (χ3n) is 10.8. The van der Waals surface area contributed by atoms with Gasteiger partial charge < -0.3 is 76.7 Å². The van der Waals surface area contributed by atoms with Crippen molar-refractivity contribution in [2.45, 2.75) is 113 Å². The molecule has 0 unspecified atom stereocenters. The first-order chi connectivity index (χ1) is 28.8. The maximum Gasteiger partial charge on any atom is 0.261 e. The van der Waals surface area contributed by atoms with Crippen molar-refractivity contribution in [2.75, 3.05) is 26.2 Å². The van der Waals surface area contributed by atoms with Crippen molar-refractivity contribution in [1.29, 1.82) is 0 Å². The summed E-state index contributed by atoms with van der Waals surface area (Å²) in [5.41, 5.74) is 5.86. The number of rotatable bonds is 11. The minimum atomic E-state index is -2.02. The van der Waals surface area contributed by atoms with E-state index in [0.29, 0.717) is 0 Å². The largest absolute Gasteiger partial charge is 0.504 e. The van der Waals surface area contributed by atoms with Gasteiger partial charge >= 0.3 is 0 Å². The molecule has 4 rings (SSSR count). The number of phenolic OH excluding ortho intramolecular Hbond substituents is 1. The van der Waals surface area contributed by atoms with Crippen molar-refractivity contribution >= 4 is 47.8 Å². The van der Waals surface area contributed by atoms with Crippen LogP contribution in [0.15, 0.2) is 18.2 Å². The van der Waals surface area contributed by atoms with E-state index in [1.165, 1.54) is 26.0 Å². The van der Waals surface area contributed by atoms with Crippen LogP contribution in [0.2, 0.25) is 0 Å². The van der Waals surface area contributed by atoms with Crippen LogP contribution in [0.25, 0.3) is 0 Å².